The number of nitrogens with zero attached hydrogens (tertiary/aromatic N) is 1. The maximum absolute atomic E-state index is 5.66. The topological polar surface area (TPSA) is 35.4 Å². The second-order valence-corrected chi connectivity index (χ2v) is 7.61. The minimum Gasteiger partial charge on any atom is -0.497 e. The highest BCUT2D eigenvalue weighted by Gasteiger charge is 2.11. The molecule has 0 bridgehead atoms. The standard InChI is InChI=1S/C26H28N2O2/c1-18(21-6-5-7-23(15-21)29-3)27-17-19-8-11-26(30-4)24(14-19)22-10-9-20-12-13-28(2)25(20)16-22/h5-16,18,27H,17H2,1-4H3/t18-/m1/s1. The van der Waals surface area contributed by atoms with Crippen LogP contribution in [0.1, 0.15) is 24.1 Å². The molecule has 0 fully saturated rings. The van der Waals surface area contributed by atoms with Crippen molar-refractivity contribution in [3.8, 4) is 22.6 Å². The molecule has 4 aromatic rings. The number of methoxy groups -OCH3 is 2. The lowest BCUT2D eigenvalue weighted by atomic mass is 10.0. The van der Waals surface area contributed by atoms with E-state index in [1.807, 2.05) is 12.1 Å². The third-order valence-corrected chi connectivity index (χ3v) is 5.67. The van der Waals surface area contributed by atoms with Gasteiger partial charge in [0.25, 0.3) is 0 Å². The van der Waals surface area contributed by atoms with Crippen LogP contribution in [0.4, 0.5) is 0 Å². The van der Waals surface area contributed by atoms with Crippen LogP contribution in [-0.4, -0.2) is 18.8 Å². The van der Waals surface area contributed by atoms with Gasteiger partial charge in [-0.15, -0.1) is 0 Å². The van der Waals surface area contributed by atoms with E-state index in [-0.39, 0.29) is 6.04 Å². The Morgan fingerprint density at radius 2 is 1.80 bits per heavy atom. The lowest BCUT2D eigenvalue weighted by Crippen LogP contribution is -2.18. The Hall–Kier alpha value is -3.24. The monoisotopic (exact) mass is 400 g/mol. The van der Waals surface area contributed by atoms with Crippen LogP contribution >= 0.6 is 0 Å². The molecule has 30 heavy (non-hydrogen) atoms. The van der Waals surface area contributed by atoms with Crippen molar-refractivity contribution in [2.45, 2.75) is 19.5 Å². The zero-order valence-corrected chi connectivity index (χ0v) is 18.0. The summed E-state index contributed by atoms with van der Waals surface area (Å²) in [5.41, 5.74) is 5.90. The minimum atomic E-state index is 0.213. The molecule has 0 saturated heterocycles. The van der Waals surface area contributed by atoms with E-state index in [0.717, 1.165) is 29.2 Å². The van der Waals surface area contributed by atoms with E-state index in [1.165, 1.54) is 22.0 Å². The second kappa shape index (κ2) is 8.64. The molecule has 0 spiro atoms. The maximum Gasteiger partial charge on any atom is 0.126 e. The van der Waals surface area contributed by atoms with Crippen LogP contribution in [0.25, 0.3) is 22.0 Å². The summed E-state index contributed by atoms with van der Waals surface area (Å²) in [4.78, 5) is 0. The van der Waals surface area contributed by atoms with Gasteiger partial charge in [0.05, 0.1) is 14.2 Å². The largest absolute Gasteiger partial charge is 0.497 e. The van der Waals surface area contributed by atoms with E-state index in [0.29, 0.717) is 0 Å². The Labute approximate surface area is 178 Å². The fourth-order valence-corrected chi connectivity index (χ4v) is 3.82. The first-order valence-electron chi connectivity index (χ1n) is 10.2. The summed E-state index contributed by atoms with van der Waals surface area (Å²) in [5, 5.41) is 4.86. The lowest BCUT2D eigenvalue weighted by molar-refractivity contribution is 0.413. The Kier molecular flexibility index (Phi) is 5.77. The second-order valence-electron chi connectivity index (χ2n) is 7.61. The van der Waals surface area contributed by atoms with Crippen molar-refractivity contribution in [1.82, 2.24) is 9.88 Å². The van der Waals surface area contributed by atoms with Crippen molar-refractivity contribution in [3.05, 3.63) is 84.1 Å². The van der Waals surface area contributed by atoms with E-state index in [1.54, 1.807) is 14.2 Å². The van der Waals surface area contributed by atoms with Crippen molar-refractivity contribution in [2.24, 2.45) is 7.05 Å². The quantitative estimate of drug-likeness (QED) is 0.431. The number of aryl methyl sites for hydroxylation is 1. The first-order valence-corrected chi connectivity index (χ1v) is 10.2. The number of fused-ring (bicyclic) bond motifs is 1. The van der Waals surface area contributed by atoms with Crippen molar-refractivity contribution < 1.29 is 9.47 Å². The Morgan fingerprint density at radius 3 is 2.60 bits per heavy atom. The van der Waals surface area contributed by atoms with E-state index >= 15 is 0 Å². The molecule has 4 heteroatoms. The fraction of sp³-hybridized carbons (Fsp3) is 0.231. The zero-order chi connectivity index (χ0) is 21.1. The molecule has 0 amide bonds. The fourth-order valence-electron chi connectivity index (χ4n) is 3.82. The predicted octanol–water partition coefficient (Wildman–Crippen LogP) is 5.71. The van der Waals surface area contributed by atoms with Crippen LogP contribution in [0.15, 0.2) is 72.9 Å². The molecule has 1 N–H and O–H groups in total. The lowest BCUT2D eigenvalue weighted by Gasteiger charge is -2.17. The molecule has 0 aliphatic rings. The van der Waals surface area contributed by atoms with Gasteiger partial charge < -0.3 is 19.4 Å². The number of rotatable bonds is 7. The Morgan fingerprint density at radius 1 is 0.933 bits per heavy atom. The van der Waals surface area contributed by atoms with Crippen LogP contribution in [0.3, 0.4) is 0 Å². The highest BCUT2D eigenvalue weighted by atomic mass is 16.5. The van der Waals surface area contributed by atoms with Gasteiger partial charge in [-0.25, -0.2) is 0 Å². The van der Waals surface area contributed by atoms with Gasteiger partial charge in [-0.1, -0.05) is 30.3 Å². The molecule has 1 atom stereocenters. The summed E-state index contributed by atoms with van der Waals surface area (Å²) in [6, 6.07) is 23.5. The van der Waals surface area contributed by atoms with Gasteiger partial charge in [-0.05, 0) is 65.4 Å². The molecular formula is C26H28N2O2. The van der Waals surface area contributed by atoms with Gasteiger partial charge in [-0.2, -0.15) is 0 Å². The van der Waals surface area contributed by atoms with Crippen LogP contribution in [0, 0.1) is 0 Å². The SMILES string of the molecule is COc1cccc([C@@H](C)NCc2ccc(OC)c(-c3ccc4ccn(C)c4c3)c2)c1. The van der Waals surface area contributed by atoms with Gasteiger partial charge in [0, 0.05) is 36.9 Å². The molecule has 4 rings (SSSR count). The molecule has 0 aliphatic carbocycles. The van der Waals surface area contributed by atoms with E-state index in [2.05, 4.69) is 84.6 Å². The van der Waals surface area contributed by atoms with Gasteiger partial charge in [0.2, 0.25) is 0 Å². The van der Waals surface area contributed by atoms with E-state index in [9.17, 15) is 0 Å². The van der Waals surface area contributed by atoms with Crippen LogP contribution in [0.2, 0.25) is 0 Å². The summed E-state index contributed by atoms with van der Waals surface area (Å²) in [5.74, 6) is 1.76. The molecule has 1 aromatic heterocycles. The van der Waals surface area contributed by atoms with E-state index in [4.69, 9.17) is 9.47 Å². The Bertz CT molecular complexity index is 1160. The number of aromatic nitrogens is 1. The maximum atomic E-state index is 5.66. The van der Waals surface area contributed by atoms with Crippen LogP contribution in [-0.2, 0) is 13.6 Å². The van der Waals surface area contributed by atoms with Gasteiger partial charge in [-0.3, -0.25) is 0 Å². The highest BCUT2D eigenvalue weighted by Crippen LogP contribution is 2.33. The van der Waals surface area contributed by atoms with Gasteiger partial charge in [0.1, 0.15) is 11.5 Å². The van der Waals surface area contributed by atoms with Crippen LogP contribution in [0.5, 0.6) is 11.5 Å². The van der Waals surface area contributed by atoms with Crippen LogP contribution < -0.4 is 14.8 Å². The van der Waals surface area contributed by atoms with Crippen molar-refractivity contribution in [3.63, 3.8) is 0 Å². The van der Waals surface area contributed by atoms with Crippen molar-refractivity contribution in [1.29, 1.82) is 0 Å². The molecular weight excluding hydrogens is 372 g/mol. The molecule has 0 aliphatic heterocycles. The van der Waals surface area contributed by atoms with Gasteiger partial charge in [0.15, 0.2) is 0 Å². The first-order chi connectivity index (χ1) is 14.6. The number of ether oxygens (including phenoxy) is 2. The predicted molar refractivity (Wildman–Crippen MR) is 123 cm³/mol. The number of hydrogen-bond acceptors (Lipinski definition) is 3. The molecule has 4 nitrogen and oxygen atoms in total. The van der Waals surface area contributed by atoms with Gasteiger partial charge >= 0.3 is 0 Å². The summed E-state index contributed by atoms with van der Waals surface area (Å²) < 4.78 is 13.2. The molecule has 3 aromatic carbocycles. The number of hydrogen-bond donors (Lipinski definition) is 1. The highest BCUT2D eigenvalue weighted by molar-refractivity contribution is 5.86. The van der Waals surface area contributed by atoms with E-state index < -0.39 is 0 Å². The molecule has 0 saturated carbocycles. The summed E-state index contributed by atoms with van der Waals surface area (Å²) in [7, 11) is 5.50. The molecule has 0 unspecified atom stereocenters. The summed E-state index contributed by atoms with van der Waals surface area (Å²) >= 11 is 0. The Balaban J connectivity index is 1.58. The number of nitrogens with one attached hydrogen (secondary N) is 1. The summed E-state index contributed by atoms with van der Waals surface area (Å²) in [6.07, 6.45) is 2.09. The normalized spacial score (nSPS) is 12.1. The number of benzene rings is 3. The minimum absolute atomic E-state index is 0.213. The third-order valence-electron chi connectivity index (χ3n) is 5.67. The van der Waals surface area contributed by atoms with Crippen molar-refractivity contribution in [2.75, 3.05) is 14.2 Å². The average molecular weight is 401 g/mol. The summed E-state index contributed by atoms with van der Waals surface area (Å²) in [6.45, 7) is 2.93. The molecule has 154 valence electrons. The van der Waals surface area contributed by atoms with Crippen molar-refractivity contribution >= 4 is 10.9 Å². The molecule has 1 heterocycles. The molecule has 0 radical (unpaired) electrons. The third kappa shape index (κ3) is 4.05. The smallest absolute Gasteiger partial charge is 0.126 e. The zero-order valence-electron chi connectivity index (χ0n) is 18.0. The first kappa shape index (κ1) is 20.0. The average Bonchev–Trinajstić information content (AvgIpc) is 3.17.